The molecule has 5 heteroatoms. The second-order valence-corrected chi connectivity index (χ2v) is 5.56. The Bertz CT molecular complexity index is 399. The molecule has 0 aliphatic carbocycles. The Balaban J connectivity index is 2.80. The number of ether oxygens (including phenoxy) is 2. The second-order valence-electron chi connectivity index (χ2n) is 4.71. The van der Waals surface area contributed by atoms with Crippen molar-refractivity contribution >= 4 is 21.6 Å². The Morgan fingerprint density at radius 1 is 1.20 bits per heavy atom. The van der Waals surface area contributed by atoms with Crippen LogP contribution in [0.5, 0.6) is 0 Å². The smallest absolute Gasteiger partial charge is 0.0772 e. The van der Waals surface area contributed by atoms with Crippen LogP contribution in [0.4, 0.5) is 5.69 Å². The van der Waals surface area contributed by atoms with Gasteiger partial charge in [0.15, 0.2) is 0 Å². The molecule has 0 amide bonds. The highest BCUT2D eigenvalue weighted by Crippen LogP contribution is 2.28. The van der Waals surface area contributed by atoms with E-state index in [0.29, 0.717) is 6.61 Å². The van der Waals surface area contributed by atoms with Crippen LogP contribution in [-0.2, 0) is 9.47 Å². The van der Waals surface area contributed by atoms with Gasteiger partial charge in [-0.1, -0.05) is 22.0 Å². The fourth-order valence-corrected chi connectivity index (χ4v) is 2.72. The van der Waals surface area contributed by atoms with Crippen LogP contribution in [0.1, 0.15) is 25.0 Å². The fraction of sp³-hybridized carbons (Fsp3) is 0.600. The minimum atomic E-state index is -0.473. The summed E-state index contributed by atoms with van der Waals surface area (Å²) in [6, 6.07) is 6.04. The lowest BCUT2D eigenvalue weighted by Crippen LogP contribution is -2.29. The highest BCUT2D eigenvalue weighted by Gasteiger charge is 2.11. The highest BCUT2D eigenvalue weighted by atomic mass is 79.9. The second kappa shape index (κ2) is 9.34. The lowest BCUT2D eigenvalue weighted by molar-refractivity contribution is 0.191. The van der Waals surface area contributed by atoms with Crippen molar-refractivity contribution in [1.29, 1.82) is 0 Å². The molecule has 0 radical (unpaired) electrons. The Morgan fingerprint density at radius 2 is 1.90 bits per heavy atom. The maximum Gasteiger partial charge on any atom is 0.0772 e. The van der Waals surface area contributed by atoms with E-state index in [1.807, 2.05) is 18.2 Å². The van der Waals surface area contributed by atoms with Crippen molar-refractivity contribution in [2.24, 2.45) is 0 Å². The quantitative estimate of drug-likeness (QED) is 0.698. The number of aliphatic hydroxyl groups excluding tert-OH is 1. The third kappa shape index (κ3) is 5.40. The van der Waals surface area contributed by atoms with Gasteiger partial charge >= 0.3 is 0 Å². The Hall–Kier alpha value is -0.620. The van der Waals surface area contributed by atoms with Gasteiger partial charge in [-0.25, -0.2) is 0 Å². The average Bonchev–Trinajstić information content (AvgIpc) is 2.42. The molecule has 0 saturated carbocycles. The molecule has 114 valence electrons. The van der Waals surface area contributed by atoms with Gasteiger partial charge in [0.25, 0.3) is 0 Å². The van der Waals surface area contributed by atoms with Crippen LogP contribution < -0.4 is 4.90 Å². The first-order chi connectivity index (χ1) is 9.60. The van der Waals surface area contributed by atoms with Gasteiger partial charge in [0.2, 0.25) is 0 Å². The largest absolute Gasteiger partial charge is 0.389 e. The zero-order chi connectivity index (χ0) is 15.0. The van der Waals surface area contributed by atoms with Crippen molar-refractivity contribution in [3.8, 4) is 0 Å². The highest BCUT2D eigenvalue weighted by molar-refractivity contribution is 9.10. The molecule has 1 aromatic carbocycles. The number of hydrogen-bond donors (Lipinski definition) is 1. The van der Waals surface area contributed by atoms with Crippen LogP contribution >= 0.6 is 15.9 Å². The molecule has 1 atom stereocenters. The third-order valence-corrected chi connectivity index (χ3v) is 3.83. The molecule has 0 aromatic heterocycles. The Labute approximate surface area is 129 Å². The number of halogens is 1. The van der Waals surface area contributed by atoms with Gasteiger partial charge in [-0.3, -0.25) is 0 Å². The summed E-state index contributed by atoms with van der Waals surface area (Å²) in [4.78, 5) is 2.26. The van der Waals surface area contributed by atoms with Crippen LogP contribution in [0.2, 0.25) is 0 Å². The van der Waals surface area contributed by atoms with Gasteiger partial charge in [0.1, 0.15) is 0 Å². The molecule has 0 aliphatic heterocycles. The van der Waals surface area contributed by atoms with Crippen LogP contribution in [0, 0.1) is 0 Å². The van der Waals surface area contributed by atoms with Gasteiger partial charge in [-0.15, -0.1) is 0 Å². The van der Waals surface area contributed by atoms with Crippen molar-refractivity contribution < 1.29 is 14.6 Å². The van der Waals surface area contributed by atoms with Crippen LogP contribution in [0.3, 0.4) is 0 Å². The molecule has 20 heavy (non-hydrogen) atoms. The molecule has 0 spiro atoms. The van der Waals surface area contributed by atoms with Crippen molar-refractivity contribution in [3.05, 3.63) is 28.2 Å². The summed E-state index contributed by atoms with van der Waals surface area (Å²) < 4.78 is 11.2. The third-order valence-electron chi connectivity index (χ3n) is 3.14. The molecule has 4 nitrogen and oxygen atoms in total. The summed E-state index contributed by atoms with van der Waals surface area (Å²) >= 11 is 3.52. The summed E-state index contributed by atoms with van der Waals surface area (Å²) in [5, 5.41) is 9.67. The molecule has 0 bridgehead atoms. The first-order valence-corrected chi connectivity index (χ1v) is 7.59. The maximum atomic E-state index is 9.67. The number of benzene rings is 1. The summed E-state index contributed by atoms with van der Waals surface area (Å²) in [5.41, 5.74) is 2.02. The lowest BCUT2D eigenvalue weighted by Gasteiger charge is -2.25. The molecule has 1 rings (SSSR count). The molecule has 0 saturated heterocycles. The summed E-state index contributed by atoms with van der Waals surface area (Å²) in [7, 11) is 3.42. The van der Waals surface area contributed by atoms with Crippen LogP contribution in [-0.4, -0.2) is 45.6 Å². The van der Waals surface area contributed by atoms with E-state index in [0.717, 1.165) is 41.8 Å². The Kier molecular flexibility index (Phi) is 8.14. The van der Waals surface area contributed by atoms with E-state index in [1.54, 1.807) is 21.1 Å². The fourth-order valence-electron chi connectivity index (χ4n) is 2.02. The van der Waals surface area contributed by atoms with Crippen molar-refractivity contribution in [2.75, 3.05) is 45.4 Å². The number of aliphatic hydroxyl groups is 1. The van der Waals surface area contributed by atoms with Gasteiger partial charge in [0.05, 0.1) is 12.7 Å². The SMILES string of the molecule is COCCCN(CCOC)c1ccc([C@H](C)O)c(Br)c1. The standard InChI is InChI=1S/C15H24BrNO3/c1-12(18)14-6-5-13(11-15(14)16)17(8-10-20-3)7-4-9-19-2/h5-6,11-12,18H,4,7-10H2,1-3H3/t12-/m0/s1. The van der Waals surface area contributed by atoms with Crippen molar-refractivity contribution in [2.45, 2.75) is 19.4 Å². The topological polar surface area (TPSA) is 41.9 Å². The first-order valence-electron chi connectivity index (χ1n) is 6.80. The number of anilines is 1. The molecule has 1 N–H and O–H groups in total. The summed E-state index contributed by atoms with van der Waals surface area (Å²) in [6.45, 7) is 4.94. The van der Waals surface area contributed by atoms with E-state index >= 15 is 0 Å². The first kappa shape index (κ1) is 17.4. The van der Waals surface area contributed by atoms with Crippen LogP contribution in [0.15, 0.2) is 22.7 Å². The minimum absolute atomic E-state index is 0.473. The number of rotatable bonds is 9. The van der Waals surface area contributed by atoms with Gasteiger partial charge in [-0.05, 0) is 31.0 Å². The van der Waals surface area contributed by atoms with E-state index in [2.05, 4.69) is 20.8 Å². The van der Waals surface area contributed by atoms with E-state index in [1.165, 1.54) is 0 Å². The van der Waals surface area contributed by atoms with Gasteiger partial charge in [0, 0.05) is 44.1 Å². The zero-order valence-corrected chi connectivity index (χ0v) is 14.0. The number of nitrogens with zero attached hydrogens (tertiary/aromatic N) is 1. The molecule has 0 unspecified atom stereocenters. The monoisotopic (exact) mass is 345 g/mol. The minimum Gasteiger partial charge on any atom is -0.389 e. The summed E-state index contributed by atoms with van der Waals surface area (Å²) in [5.74, 6) is 0. The van der Waals surface area contributed by atoms with E-state index < -0.39 is 6.10 Å². The van der Waals surface area contributed by atoms with E-state index in [-0.39, 0.29) is 0 Å². The average molecular weight is 346 g/mol. The summed E-state index contributed by atoms with van der Waals surface area (Å²) in [6.07, 6.45) is 0.495. The maximum absolute atomic E-state index is 9.67. The normalized spacial score (nSPS) is 12.4. The van der Waals surface area contributed by atoms with Gasteiger partial charge < -0.3 is 19.5 Å². The molecule has 1 aromatic rings. The predicted octanol–water partition coefficient (Wildman–Crippen LogP) is 2.99. The van der Waals surface area contributed by atoms with Gasteiger partial charge in [-0.2, -0.15) is 0 Å². The van der Waals surface area contributed by atoms with E-state index in [9.17, 15) is 5.11 Å². The van der Waals surface area contributed by atoms with Crippen LogP contribution in [0.25, 0.3) is 0 Å². The molecule has 0 fully saturated rings. The van der Waals surface area contributed by atoms with E-state index in [4.69, 9.17) is 9.47 Å². The molecular formula is C15H24BrNO3. The predicted molar refractivity (Wildman–Crippen MR) is 85.4 cm³/mol. The van der Waals surface area contributed by atoms with Crippen molar-refractivity contribution in [1.82, 2.24) is 0 Å². The molecule has 0 aliphatic rings. The molecular weight excluding hydrogens is 322 g/mol. The Morgan fingerprint density at radius 3 is 2.45 bits per heavy atom. The zero-order valence-electron chi connectivity index (χ0n) is 12.4. The van der Waals surface area contributed by atoms with Crippen molar-refractivity contribution in [3.63, 3.8) is 0 Å². The lowest BCUT2D eigenvalue weighted by atomic mass is 10.1. The number of methoxy groups -OCH3 is 2. The number of hydrogen-bond acceptors (Lipinski definition) is 4. The molecule has 0 heterocycles.